The zero-order chi connectivity index (χ0) is 19.7. The number of urea groups is 1. The first-order valence-electron chi connectivity index (χ1n) is 10.3. The summed E-state index contributed by atoms with van der Waals surface area (Å²) in [5.74, 6) is -0.613. The van der Waals surface area contributed by atoms with Gasteiger partial charge >= 0.3 is 6.03 Å². The highest BCUT2D eigenvalue weighted by molar-refractivity contribution is 6.10. The summed E-state index contributed by atoms with van der Waals surface area (Å²) in [5.41, 5.74) is 2.20. The summed E-state index contributed by atoms with van der Waals surface area (Å²) < 4.78 is 0. The monoisotopic (exact) mass is 384 g/mol. The molecule has 0 unspecified atom stereocenters. The Hall–Kier alpha value is -2.57. The second-order valence-electron chi connectivity index (χ2n) is 8.21. The Morgan fingerprint density at radius 3 is 2.50 bits per heavy atom. The van der Waals surface area contributed by atoms with Crippen LogP contribution in [0, 0.1) is 6.92 Å². The summed E-state index contributed by atoms with van der Waals surface area (Å²) in [7, 11) is 0. The molecular formula is C21H28N4O3. The van der Waals surface area contributed by atoms with E-state index in [1.54, 1.807) is 0 Å². The fourth-order valence-corrected chi connectivity index (χ4v) is 4.70. The van der Waals surface area contributed by atoms with Gasteiger partial charge in [-0.3, -0.25) is 14.5 Å². The lowest BCUT2D eigenvalue weighted by Crippen LogP contribution is -2.48. The lowest BCUT2D eigenvalue weighted by molar-refractivity contribution is -0.134. The number of rotatable bonds is 4. The second kappa shape index (κ2) is 7.45. The summed E-state index contributed by atoms with van der Waals surface area (Å²) in [5, 5.41) is 5.67. The van der Waals surface area contributed by atoms with Crippen LogP contribution in [0.1, 0.15) is 50.5 Å². The van der Waals surface area contributed by atoms with E-state index >= 15 is 0 Å². The van der Waals surface area contributed by atoms with Gasteiger partial charge in [-0.1, -0.05) is 19.3 Å². The molecular weight excluding hydrogens is 356 g/mol. The topological polar surface area (TPSA) is 81.8 Å². The molecule has 0 bridgehead atoms. The van der Waals surface area contributed by atoms with Crippen LogP contribution in [0.15, 0.2) is 18.2 Å². The highest BCUT2D eigenvalue weighted by atomic mass is 16.2. The third-order valence-corrected chi connectivity index (χ3v) is 6.18. The number of anilines is 2. The average Bonchev–Trinajstić information content (AvgIpc) is 3.27. The second-order valence-corrected chi connectivity index (χ2v) is 8.21. The minimum absolute atomic E-state index is 0.251. The summed E-state index contributed by atoms with van der Waals surface area (Å²) >= 11 is 0. The predicted molar refractivity (Wildman–Crippen MR) is 107 cm³/mol. The SMILES string of the molecule is Cc1cc(NC(=O)CN2C(=O)NC3(CCCCC3)C2=O)ccc1N1CCCC1. The highest BCUT2D eigenvalue weighted by Gasteiger charge is 2.51. The predicted octanol–water partition coefficient (Wildman–Crippen LogP) is 2.79. The van der Waals surface area contributed by atoms with Gasteiger partial charge in [-0.25, -0.2) is 4.79 Å². The maximum atomic E-state index is 12.8. The van der Waals surface area contributed by atoms with Crippen molar-refractivity contribution in [2.75, 3.05) is 29.9 Å². The number of benzene rings is 1. The number of aryl methyl sites for hydroxylation is 1. The van der Waals surface area contributed by atoms with E-state index in [1.807, 2.05) is 25.1 Å². The van der Waals surface area contributed by atoms with E-state index in [9.17, 15) is 14.4 Å². The number of imide groups is 1. The largest absolute Gasteiger partial charge is 0.371 e. The lowest BCUT2D eigenvalue weighted by Gasteiger charge is -2.30. The van der Waals surface area contributed by atoms with E-state index in [2.05, 4.69) is 15.5 Å². The molecule has 28 heavy (non-hydrogen) atoms. The molecule has 1 aromatic carbocycles. The molecule has 0 radical (unpaired) electrons. The number of hydrogen-bond donors (Lipinski definition) is 2. The standard InChI is InChI=1S/C21H28N4O3/c1-15-13-16(7-8-17(15)24-11-5-6-12-24)22-18(26)14-25-19(27)21(23-20(25)28)9-3-2-4-10-21/h7-8,13H,2-6,9-12,14H2,1H3,(H,22,26)(H,23,28). The fourth-order valence-electron chi connectivity index (χ4n) is 4.70. The first-order valence-corrected chi connectivity index (χ1v) is 10.3. The van der Waals surface area contributed by atoms with Gasteiger partial charge < -0.3 is 15.5 Å². The van der Waals surface area contributed by atoms with E-state index in [0.717, 1.165) is 42.8 Å². The van der Waals surface area contributed by atoms with Crippen LogP contribution >= 0.6 is 0 Å². The normalized spacial score (nSPS) is 21.3. The van der Waals surface area contributed by atoms with Crippen molar-refractivity contribution in [3.05, 3.63) is 23.8 Å². The Balaban J connectivity index is 1.39. The number of carbonyl (C=O) groups is 3. The van der Waals surface area contributed by atoms with E-state index in [1.165, 1.54) is 18.5 Å². The van der Waals surface area contributed by atoms with Crippen LogP contribution in [0.25, 0.3) is 0 Å². The van der Waals surface area contributed by atoms with Crippen molar-refractivity contribution in [1.29, 1.82) is 0 Å². The molecule has 2 saturated heterocycles. The quantitative estimate of drug-likeness (QED) is 0.782. The average molecular weight is 384 g/mol. The molecule has 150 valence electrons. The van der Waals surface area contributed by atoms with Crippen molar-refractivity contribution in [1.82, 2.24) is 10.2 Å². The molecule has 1 aromatic rings. The molecule has 1 aliphatic carbocycles. The van der Waals surface area contributed by atoms with Crippen molar-refractivity contribution in [2.24, 2.45) is 0 Å². The van der Waals surface area contributed by atoms with Gasteiger partial charge in [0.1, 0.15) is 12.1 Å². The van der Waals surface area contributed by atoms with Gasteiger partial charge in [0.25, 0.3) is 5.91 Å². The van der Waals surface area contributed by atoms with Gasteiger partial charge in [-0.15, -0.1) is 0 Å². The third-order valence-electron chi connectivity index (χ3n) is 6.18. The van der Waals surface area contributed by atoms with Gasteiger partial charge in [0, 0.05) is 24.5 Å². The third kappa shape index (κ3) is 3.45. The lowest BCUT2D eigenvalue weighted by atomic mass is 9.82. The van der Waals surface area contributed by atoms with Gasteiger partial charge in [0.05, 0.1) is 0 Å². The van der Waals surface area contributed by atoms with Gasteiger partial charge in [-0.2, -0.15) is 0 Å². The van der Waals surface area contributed by atoms with Crippen LogP contribution in [-0.4, -0.2) is 47.9 Å². The molecule has 4 amide bonds. The minimum atomic E-state index is -0.788. The molecule has 1 spiro atoms. The van der Waals surface area contributed by atoms with E-state index in [4.69, 9.17) is 0 Å². The Kier molecular flexibility index (Phi) is 5.00. The number of nitrogens with zero attached hydrogens (tertiary/aromatic N) is 2. The van der Waals surface area contributed by atoms with Gasteiger partial charge in [0.15, 0.2) is 0 Å². The molecule has 0 atom stereocenters. The van der Waals surface area contributed by atoms with Crippen molar-refractivity contribution in [3.8, 4) is 0 Å². The van der Waals surface area contributed by atoms with Crippen LogP contribution in [-0.2, 0) is 9.59 Å². The summed E-state index contributed by atoms with van der Waals surface area (Å²) in [6.45, 7) is 3.92. The van der Waals surface area contributed by atoms with Crippen molar-refractivity contribution in [2.45, 2.75) is 57.4 Å². The smallest absolute Gasteiger partial charge is 0.325 e. The van der Waals surface area contributed by atoms with E-state index in [0.29, 0.717) is 18.5 Å². The number of carbonyl (C=O) groups excluding carboxylic acids is 3. The molecule has 2 heterocycles. The molecule has 7 heteroatoms. The molecule has 4 rings (SSSR count). The molecule has 7 nitrogen and oxygen atoms in total. The molecule has 2 N–H and O–H groups in total. The molecule has 2 aliphatic heterocycles. The Bertz CT molecular complexity index is 795. The van der Waals surface area contributed by atoms with Crippen LogP contribution in [0.2, 0.25) is 0 Å². The summed E-state index contributed by atoms with van der Waals surface area (Å²) in [6.07, 6.45) is 6.68. The maximum Gasteiger partial charge on any atom is 0.325 e. The van der Waals surface area contributed by atoms with Crippen molar-refractivity contribution in [3.63, 3.8) is 0 Å². The van der Waals surface area contributed by atoms with Gasteiger partial charge in [0.2, 0.25) is 5.91 Å². The summed E-state index contributed by atoms with van der Waals surface area (Å²) in [4.78, 5) is 41.0. The zero-order valence-electron chi connectivity index (χ0n) is 16.4. The fraction of sp³-hybridized carbons (Fsp3) is 0.571. The summed E-state index contributed by atoms with van der Waals surface area (Å²) in [6, 6.07) is 5.40. The first kappa shape index (κ1) is 18.8. The highest BCUT2D eigenvalue weighted by Crippen LogP contribution is 2.33. The van der Waals surface area contributed by atoms with Crippen molar-refractivity contribution < 1.29 is 14.4 Å². The van der Waals surface area contributed by atoms with Crippen LogP contribution in [0.3, 0.4) is 0 Å². The van der Waals surface area contributed by atoms with E-state index in [-0.39, 0.29) is 18.4 Å². The number of amides is 4. The first-order chi connectivity index (χ1) is 13.5. The maximum absolute atomic E-state index is 12.8. The van der Waals surface area contributed by atoms with Crippen LogP contribution in [0.5, 0.6) is 0 Å². The van der Waals surface area contributed by atoms with Gasteiger partial charge in [-0.05, 0) is 56.4 Å². The van der Waals surface area contributed by atoms with E-state index < -0.39 is 11.6 Å². The molecule has 0 aromatic heterocycles. The van der Waals surface area contributed by atoms with Crippen molar-refractivity contribution >= 4 is 29.2 Å². The van der Waals surface area contributed by atoms with Crippen LogP contribution < -0.4 is 15.5 Å². The number of nitrogens with one attached hydrogen (secondary N) is 2. The molecule has 1 saturated carbocycles. The molecule has 3 aliphatic rings. The Labute approximate surface area is 165 Å². The Morgan fingerprint density at radius 2 is 1.82 bits per heavy atom. The molecule has 3 fully saturated rings. The Morgan fingerprint density at radius 1 is 1.11 bits per heavy atom. The zero-order valence-corrected chi connectivity index (χ0v) is 16.4. The minimum Gasteiger partial charge on any atom is -0.371 e. The number of hydrogen-bond acceptors (Lipinski definition) is 4. The van der Waals surface area contributed by atoms with Crippen LogP contribution in [0.4, 0.5) is 16.2 Å².